The van der Waals surface area contributed by atoms with Crippen LogP contribution < -0.4 is 5.32 Å². The van der Waals surface area contributed by atoms with Gasteiger partial charge in [-0.2, -0.15) is 13.2 Å². The second-order valence-electron chi connectivity index (χ2n) is 6.93. The fraction of sp³-hybridized carbons (Fsp3) is 0.300. The van der Waals surface area contributed by atoms with E-state index in [1.165, 1.54) is 12.3 Å². The number of amides is 1. The van der Waals surface area contributed by atoms with E-state index < -0.39 is 17.6 Å². The SMILES string of the molecule is Cn1ccc2c(Nc3ccc(F)c(C(F)(F)F)c3)ncc(C(=O)N3CCOCC3)c21. The van der Waals surface area contributed by atoms with E-state index in [9.17, 15) is 22.4 Å². The number of halogens is 4. The summed E-state index contributed by atoms with van der Waals surface area (Å²) in [5.74, 6) is -1.27. The van der Waals surface area contributed by atoms with Gasteiger partial charge < -0.3 is 19.5 Å². The summed E-state index contributed by atoms with van der Waals surface area (Å²) < 4.78 is 59.6. The molecule has 0 aliphatic carbocycles. The van der Waals surface area contributed by atoms with Crippen molar-refractivity contribution in [1.82, 2.24) is 14.5 Å². The summed E-state index contributed by atoms with van der Waals surface area (Å²) in [7, 11) is 1.77. The Morgan fingerprint density at radius 3 is 2.63 bits per heavy atom. The van der Waals surface area contributed by atoms with Gasteiger partial charge in [0.25, 0.3) is 5.91 Å². The molecule has 1 aliphatic heterocycles. The Morgan fingerprint density at radius 1 is 1.20 bits per heavy atom. The van der Waals surface area contributed by atoms with E-state index in [1.807, 2.05) is 0 Å². The summed E-state index contributed by atoms with van der Waals surface area (Å²) in [4.78, 5) is 18.9. The monoisotopic (exact) mass is 422 g/mol. The highest BCUT2D eigenvalue weighted by atomic mass is 19.4. The molecule has 4 rings (SSSR count). The van der Waals surface area contributed by atoms with E-state index in [1.54, 1.807) is 28.8 Å². The second-order valence-corrected chi connectivity index (χ2v) is 6.93. The van der Waals surface area contributed by atoms with Crippen LogP contribution in [0.5, 0.6) is 0 Å². The molecule has 0 unspecified atom stereocenters. The molecule has 1 N–H and O–H groups in total. The van der Waals surface area contributed by atoms with Crippen LogP contribution in [0.25, 0.3) is 10.9 Å². The lowest BCUT2D eigenvalue weighted by molar-refractivity contribution is -0.139. The summed E-state index contributed by atoms with van der Waals surface area (Å²) in [6.07, 6.45) is -1.68. The number of carbonyl (C=O) groups excluding carboxylic acids is 1. The van der Waals surface area contributed by atoms with Crippen LogP contribution in [0.3, 0.4) is 0 Å². The maximum Gasteiger partial charge on any atom is 0.419 e. The lowest BCUT2D eigenvalue weighted by Gasteiger charge is -2.27. The molecule has 2 aromatic heterocycles. The average molecular weight is 422 g/mol. The van der Waals surface area contributed by atoms with Gasteiger partial charge in [0.15, 0.2) is 0 Å². The Hall–Kier alpha value is -3.14. The fourth-order valence-electron chi connectivity index (χ4n) is 3.47. The van der Waals surface area contributed by atoms with E-state index in [0.29, 0.717) is 48.8 Å². The number of ether oxygens (including phenoxy) is 1. The number of nitrogens with zero attached hydrogens (tertiary/aromatic N) is 3. The number of aryl methyl sites for hydroxylation is 1. The van der Waals surface area contributed by atoms with Crippen molar-refractivity contribution >= 4 is 28.3 Å². The maximum atomic E-state index is 13.6. The molecule has 1 aliphatic rings. The van der Waals surface area contributed by atoms with Gasteiger partial charge in [0.1, 0.15) is 11.6 Å². The van der Waals surface area contributed by atoms with Crippen LogP contribution in [0.2, 0.25) is 0 Å². The molecule has 1 saturated heterocycles. The number of carbonyl (C=O) groups is 1. The van der Waals surface area contributed by atoms with Crippen LogP contribution in [0.1, 0.15) is 15.9 Å². The molecule has 0 radical (unpaired) electrons. The van der Waals surface area contributed by atoms with Gasteiger partial charge in [-0.1, -0.05) is 0 Å². The smallest absolute Gasteiger partial charge is 0.378 e. The molecule has 0 spiro atoms. The quantitative estimate of drug-likeness (QED) is 0.650. The summed E-state index contributed by atoms with van der Waals surface area (Å²) in [5, 5.41) is 3.37. The van der Waals surface area contributed by atoms with Crippen LogP contribution in [0.15, 0.2) is 36.7 Å². The van der Waals surface area contributed by atoms with Crippen molar-refractivity contribution in [2.24, 2.45) is 7.05 Å². The van der Waals surface area contributed by atoms with E-state index >= 15 is 0 Å². The number of rotatable bonds is 3. The molecule has 158 valence electrons. The van der Waals surface area contributed by atoms with Crippen molar-refractivity contribution in [2.45, 2.75) is 6.18 Å². The molecule has 30 heavy (non-hydrogen) atoms. The van der Waals surface area contributed by atoms with E-state index in [4.69, 9.17) is 4.74 Å². The number of aromatic nitrogens is 2. The third-order valence-electron chi connectivity index (χ3n) is 4.97. The van der Waals surface area contributed by atoms with E-state index in [0.717, 1.165) is 6.07 Å². The minimum absolute atomic E-state index is 0.0358. The fourth-order valence-corrected chi connectivity index (χ4v) is 3.47. The van der Waals surface area contributed by atoms with Crippen molar-refractivity contribution < 1.29 is 27.1 Å². The Morgan fingerprint density at radius 2 is 1.93 bits per heavy atom. The standard InChI is InChI=1S/C20H18F4N4O2/c1-27-5-4-13-17(27)14(19(29)28-6-8-30-9-7-28)11-25-18(13)26-12-2-3-16(21)15(10-12)20(22,23)24/h2-5,10-11H,6-9H2,1H3,(H,25,26). The van der Waals surface area contributed by atoms with Crippen LogP contribution >= 0.6 is 0 Å². The zero-order valence-corrected chi connectivity index (χ0v) is 16.0. The minimum Gasteiger partial charge on any atom is -0.378 e. The number of anilines is 2. The molecular formula is C20H18F4N4O2. The van der Waals surface area contributed by atoms with Crippen LogP contribution in [-0.4, -0.2) is 46.7 Å². The van der Waals surface area contributed by atoms with E-state index in [-0.39, 0.29) is 17.4 Å². The molecule has 3 aromatic rings. The highest BCUT2D eigenvalue weighted by Crippen LogP contribution is 2.34. The Labute approximate surface area is 169 Å². The lowest BCUT2D eigenvalue weighted by Crippen LogP contribution is -2.40. The predicted octanol–water partition coefficient (Wildman–Crippen LogP) is 3.95. The largest absolute Gasteiger partial charge is 0.419 e. The van der Waals surface area contributed by atoms with Gasteiger partial charge in [-0.3, -0.25) is 4.79 Å². The summed E-state index contributed by atoms with van der Waals surface area (Å²) in [6.45, 7) is 1.86. The second kappa shape index (κ2) is 7.60. The van der Waals surface area contributed by atoms with Crippen LogP contribution in [0, 0.1) is 5.82 Å². The number of fused-ring (bicyclic) bond motifs is 1. The molecule has 10 heteroatoms. The molecule has 0 saturated carbocycles. The number of morpholine rings is 1. The van der Waals surface area contributed by atoms with Crippen molar-refractivity contribution in [2.75, 3.05) is 31.6 Å². The molecule has 3 heterocycles. The van der Waals surface area contributed by atoms with Gasteiger partial charge in [0.2, 0.25) is 0 Å². The lowest BCUT2D eigenvalue weighted by atomic mass is 10.1. The number of hydrogen-bond donors (Lipinski definition) is 1. The molecule has 1 amide bonds. The first-order valence-electron chi connectivity index (χ1n) is 9.20. The molecule has 0 atom stereocenters. The highest BCUT2D eigenvalue weighted by Gasteiger charge is 2.34. The Balaban J connectivity index is 1.71. The topological polar surface area (TPSA) is 59.4 Å². The number of alkyl halides is 3. The van der Waals surface area contributed by atoms with Gasteiger partial charge in [0.05, 0.1) is 29.9 Å². The number of benzene rings is 1. The third-order valence-corrected chi connectivity index (χ3v) is 4.97. The first-order valence-corrected chi connectivity index (χ1v) is 9.20. The van der Waals surface area contributed by atoms with Crippen molar-refractivity contribution in [3.8, 4) is 0 Å². The minimum atomic E-state index is -4.81. The molecule has 6 nitrogen and oxygen atoms in total. The summed E-state index contributed by atoms with van der Waals surface area (Å²) in [5.41, 5.74) is -0.341. The zero-order chi connectivity index (χ0) is 21.5. The first kappa shape index (κ1) is 20.1. The van der Waals surface area contributed by atoms with Gasteiger partial charge in [0, 0.05) is 43.6 Å². The van der Waals surface area contributed by atoms with Crippen LogP contribution in [-0.2, 0) is 18.0 Å². The maximum absolute atomic E-state index is 13.6. The normalized spacial score (nSPS) is 14.9. The zero-order valence-electron chi connectivity index (χ0n) is 16.0. The number of pyridine rings is 1. The molecule has 1 aromatic carbocycles. The van der Waals surface area contributed by atoms with Gasteiger partial charge in [-0.05, 0) is 24.3 Å². The Bertz CT molecular complexity index is 1100. The van der Waals surface area contributed by atoms with Crippen molar-refractivity contribution in [3.05, 3.63) is 53.6 Å². The molecule has 0 bridgehead atoms. The average Bonchev–Trinajstić information content (AvgIpc) is 3.11. The summed E-state index contributed by atoms with van der Waals surface area (Å²) in [6, 6.07) is 4.37. The Kier molecular flexibility index (Phi) is 5.10. The number of hydrogen-bond acceptors (Lipinski definition) is 4. The van der Waals surface area contributed by atoms with Crippen molar-refractivity contribution in [3.63, 3.8) is 0 Å². The predicted molar refractivity (Wildman–Crippen MR) is 102 cm³/mol. The molecule has 1 fully saturated rings. The first-order chi connectivity index (χ1) is 14.3. The van der Waals surface area contributed by atoms with Gasteiger partial charge in [-0.15, -0.1) is 0 Å². The summed E-state index contributed by atoms with van der Waals surface area (Å²) >= 11 is 0. The van der Waals surface area contributed by atoms with Crippen molar-refractivity contribution in [1.29, 1.82) is 0 Å². The molecular weight excluding hydrogens is 404 g/mol. The number of nitrogens with one attached hydrogen (secondary N) is 1. The third kappa shape index (κ3) is 3.70. The van der Waals surface area contributed by atoms with E-state index in [2.05, 4.69) is 10.3 Å². The van der Waals surface area contributed by atoms with Crippen LogP contribution in [0.4, 0.5) is 29.1 Å². The van der Waals surface area contributed by atoms with Gasteiger partial charge >= 0.3 is 6.18 Å². The van der Waals surface area contributed by atoms with Gasteiger partial charge in [-0.25, -0.2) is 9.37 Å². The highest BCUT2D eigenvalue weighted by molar-refractivity contribution is 6.08.